The maximum absolute atomic E-state index is 14.3. The van der Waals surface area contributed by atoms with Crippen LogP contribution in [0.3, 0.4) is 0 Å². The van der Waals surface area contributed by atoms with Gasteiger partial charge in [-0.2, -0.15) is 0 Å². The first-order valence-electron chi connectivity index (χ1n) is 10.3. The molecule has 3 nitrogen and oxygen atoms in total. The van der Waals surface area contributed by atoms with Crippen molar-refractivity contribution >= 4 is 5.78 Å². The van der Waals surface area contributed by atoms with E-state index in [1.165, 1.54) is 18.6 Å². The SMILES string of the molecule is CCCc1ccc(Oc2cccc(COc3ccc(CCC(C)=O)cc3F)c2)cc1. The number of Topliss-reactive ketones (excluding diaryl/α,β-unsaturated/α-hetero) is 1. The van der Waals surface area contributed by atoms with E-state index in [0.717, 1.165) is 29.7 Å². The van der Waals surface area contributed by atoms with Gasteiger partial charge in [0.1, 0.15) is 23.9 Å². The van der Waals surface area contributed by atoms with E-state index in [2.05, 4.69) is 19.1 Å². The number of hydrogen-bond donors (Lipinski definition) is 0. The highest BCUT2D eigenvalue weighted by molar-refractivity contribution is 5.75. The third kappa shape index (κ3) is 6.45. The molecule has 0 aliphatic rings. The molecule has 0 atom stereocenters. The summed E-state index contributed by atoms with van der Waals surface area (Å²) in [4.78, 5) is 11.1. The molecule has 0 saturated heterocycles. The van der Waals surface area contributed by atoms with Crippen LogP contribution in [0, 0.1) is 5.82 Å². The van der Waals surface area contributed by atoms with Crippen LogP contribution in [-0.4, -0.2) is 5.78 Å². The van der Waals surface area contributed by atoms with Crippen LogP contribution >= 0.6 is 0 Å². The molecule has 0 aliphatic carbocycles. The highest BCUT2D eigenvalue weighted by atomic mass is 19.1. The predicted octanol–water partition coefficient (Wildman–Crippen LogP) is 6.67. The number of rotatable bonds is 10. The third-order valence-electron chi connectivity index (χ3n) is 4.75. The van der Waals surface area contributed by atoms with E-state index in [1.54, 1.807) is 12.1 Å². The minimum Gasteiger partial charge on any atom is -0.486 e. The lowest BCUT2D eigenvalue weighted by molar-refractivity contribution is -0.116. The smallest absolute Gasteiger partial charge is 0.165 e. The van der Waals surface area contributed by atoms with E-state index in [1.807, 2.05) is 36.4 Å². The summed E-state index contributed by atoms with van der Waals surface area (Å²) in [5, 5.41) is 0. The minimum atomic E-state index is -0.421. The first-order chi connectivity index (χ1) is 14.5. The summed E-state index contributed by atoms with van der Waals surface area (Å²) in [5.41, 5.74) is 2.96. The zero-order valence-corrected chi connectivity index (χ0v) is 17.5. The van der Waals surface area contributed by atoms with Crippen molar-refractivity contribution in [3.8, 4) is 17.2 Å². The lowest BCUT2D eigenvalue weighted by atomic mass is 10.1. The van der Waals surface area contributed by atoms with Crippen LogP contribution in [0.1, 0.15) is 43.4 Å². The van der Waals surface area contributed by atoms with E-state index in [9.17, 15) is 9.18 Å². The zero-order valence-electron chi connectivity index (χ0n) is 17.5. The standard InChI is InChI=1S/C26H27FO3/c1-3-5-20-10-13-23(14-11-20)30-24-7-4-6-22(16-24)18-29-26-15-12-21(17-25(26)27)9-8-19(2)28/h4,6-7,10-17H,3,5,8-9,18H2,1-2H3. The van der Waals surface area contributed by atoms with Gasteiger partial charge in [-0.3, -0.25) is 0 Å². The first kappa shape index (κ1) is 21.6. The molecule has 0 aliphatic heterocycles. The van der Waals surface area contributed by atoms with Gasteiger partial charge in [-0.1, -0.05) is 43.7 Å². The van der Waals surface area contributed by atoms with Crippen LogP contribution in [0.15, 0.2) is 66.7 Å². The Morgan fingerprint density at radius 1 is 0.867 bits per heavy atom. The van der Waals surface area contributed by atoms with Crippen LogP contribution in [0.2, 0.25) is 0 Å². The van der Waals surface area contributed by atoms with Crippen molar-refractivity contribution in [2.24, 2.45) is 0 Å². The van der Waals surface area contributed by atoms with Gasteiger partial charge >= 0.3 is 0 Å². The second-order valence-electron chi connectivity index (χ2n) is 7.40. The summed E-state index contributed by atoms with van der Waals surface area (Å²) in [6.45, 7) is 3.93. The molecule has 0 N–H and O–H groups in total. The van der Waals surface area contributed by atoms with Crippen molar-refractivity contribution in [3.05, 3.63) is 89.2 Å². The number of carbonyl (C=O) groups is 1. The van der Waals surface area contributed by atoms with Gasteiger partial charge in [-0.25, -0.2) is 4.39 Å². The number of halogens is 1. The van der Waals surface area contributed by atoms with E-state index in [0.29, 0.717) is 18.6 Å². The Labute approximate surface area is 177 Å². The molecule has 3 rings (SSSR count). The molecule has 30 heavy (non-hydrogen) atoms. The molecule has 0 heterocycles. The molecule has 0 saturated carbocycles. The van der Waals surface area contributed by atoms with Gasteiger partial charge in [0.25, 0.3) is 0 Å². The third-order valence-corrected chi connectivity index (χ3v) is 4.75. The lowest BCUT2D eigenvalue weighted by Crippen LogP contribution is -1.99. The molecule has 0 amide bonds. The van der Waals surface area contributed by atoms with Gasteiger partial charge < -0.3 is 14.3 Å². The second kappa shape index (κ2) is 10.6. The summed E-state index contributed by atoms with van der Waals surface area (Å²) < 4.78 is 25.9. The van der Waals surface area contributed by atoms with Gasteiger partial charge in [0.2, 0.25) is 0 Å². The molecule has 0 unspecified atom stereocenters. The summed E-state index contributed by atoms with van der Waals surface area (Å²) in [6, 6.07) is 20.5. The van der Waals surface area contributed by atoms with E-state index in [4.69, 9.17) is 9.47 Å². The molecule has 0 aromatic heterocycles. The fourth-order valence-corrected chi connectivity index (χ4v) is 3.15. The average molecular weight is 406 g/mol. The quantitative estimate of drug-likeness (QED) is 0.377. The largest absolute Gasteiger partial charge is 0.486 e. The second-order valence-corrected chi connectivity index (χ2v) is 7.40. The Balaban J connectivity index is 1.59. The van der Waals surface area contributed by atoms with Crippen molar-refractivity contribution < 1.29 is 18.7 Å². The molecular formula is C26H27FO3. The molecule has 0 bridgehead atoms. The molecule has 156 valence electrons. The summed E-state index contributed by atoms with van der Waals surface area (Å²) in [6.07, 6.45) is 3.12. The van der Waals surface area contributed by atoms with E-state index >= 15 is 0 Å². The maximum Gasteiger partial charge on any atom is 0.165 e. The number of ether oxygens (including phenoxy) is 2. The van der Waals surface area contributed by atoms with Crippen molar-refractivity contribution in [1.29, 1.82) is 0 Å². The number of benzene rings is 3. The monoisotopic (exact) mass is 406 g/mol. The van der Waals surface area contributed by atoms with Crippen molar-refractivity contribution in [1.82, 2.24) is 0 Å². The molecular weight excluding hydrogens is 379 g/mol. The number of carbonyl (C=O) groups excluding carboxylic acids is 1. The van der Waals surface area contributed by atoms with Gasteiger partial charge in [0.05, 0.1) is 0 Å². The Bertz CT molecular complexity index is 980. The Hall–Kier alpha value is -3.14. The fraction of sp³-hybridized carbons (Fsp3) is 0.269. The Morgan fingerprint density at radius 2 is 1.63 bits per heavy atom. The maximum atomic E-state index is 14.3. The normalized spacial score (nSPS) is 10.6. The first-order valence-corrected chi connectivity index (χ1v) is 10.3. The zero-order chi connectivity index (χ0) is 21.3. The van der Waals surface area contributed by atoms with Crippen LogP contribution < -0.4 is 9.47 Å². The number of ketones is 1. The summed E-state index contributed by atoms with van der Waals surface area (Å²) in [7, 11) is 0. The van der Waals surface area contributed by atoms with Crippen molar-refractivity contribution in [2.45, 2.75) is 46.1 Å². The van der Waals surface area contributed by atoms with Gasteiger partial charge in [-0.05, 0) is 72.9 Å². The minimum absolute atomic E-state index is 0.0923. The molecule has 0 fully saturated rings. The fourth-order valence-electron chi connectivity index (χ4n) is 3.15. The van der Waals surface area contributed by atoms with Crippen LogP contribution in [0.25, 0.3) is 0 Å². The van der Waals surface area contributed by atoms with Gasteiger partial charge in [0.15, 0.2) is 11.6 Å². The van der Waals surface area contributed by atoms with E-state index in [-0.39, 0.29) is 18.1 Å². The topological polar surface area (TPSA) is 35.5 Å². The highest BCUT2D eigenvalue weighted by Crippen LogP contribution is 2.25. The summed E-state index contributed by atoms with van der Waals surface area (Å²) in [5.74, 6) is 1.35. The summed E-state index contributed by atoms with van der Waals surface area (Å²) >= 11 is 0. The van der Waals surface area contributed by atoms with Crippen LogP contribution in [-0.2, 0) is 24.2 Å². The molecule has 4 heteroatoms. The Kier molecular flexibility index (Phi) is 7.61. The predicted molar refractivity (Wildman–Crippen MR) is 117 cm³/mol. The molecule has 3 aromatic rings. The molecule has 3 aromatic carbocycles. The number of hydrogen-bond acceptors (Lipinski definition) is 3. The van der Waals surface area contributed by atoms with Crippen molar-refractivity contribution in [2.75, 3.05) is 0 Å². The Morgan fingerprint density at radius 3 is 2.33 bits per heavy atom. The lowest BCUT2D eigenvalue weighted by Gasteiger charge is -2.11. The van der Waals surface area contributed by atoms with Crippen molar-refractivity contribution in [3.63, 3.8) is 0 Å². The number of aryl methyl sites for hydroxylation is 2. The van der Waals surface area contributed by atoms with Crippen LogP contribution in [0.4, 0.5) is 4.39 Å². The molecule has 0 radical (unpaired) electrons. The van der Waals surface area contributed by atoms with Gasteiger partial charge in [-0.15, -0.1) is 0 Å². The average Bonchev–Trinajstić information content (AvgIpc) is 2.73. The van der Waals surface area contributed by atoms with E-state index < -0.39 is 5.82 Å². The molecule has 0 spiro atoms. The van der Waals surface area contributed by atoms with Gasteiger partial charge in [0, 0.05) is 6.42 Å². The van der Waals surface area contributed by atoms with Crippen LogP contribution in [0.5, 0.6) is 17.2 Å². The highest BCUT2D eigenvalue weighted by Gasteiger charge is 2.07.